The number of carbonyl (C=O) groups is 1. The van der Waals surface area contributed by atoms with Gasteiger partial charge < -0.3 is 10.3 Å². The van der Waals surface area contributed by atoms with Crippen molar-refractivity contribution >= 4 is 40.6 Å². The lowest BCUT2D eigenvalue weighted by atomic mass is 10.2. The van der Waals surface area contributed by atoms with Crippen LogP contribution in [0.25, 0.3) is 0 Å². The Labute approximate surface area is 172 Å². The number of amides is 1. The van der Waals surface area contributed by atoms with E-state index in [-0.39, 0.29) is 33.9 Å². The highest BCUT2D eigenvalue weighted by molar-refractivity contribution is 6.42. The largest absolute Gasteiger partial charge is 0.383 e. The molecule has 2 rings (SSSR count). The van der Waals surface area contributed by atoms with E-state index in [0.29, 0.717) is 19.4 Å². The van der Waals surface area contributed by atoms with Crippen molar-refractivity contribution in [1.82, 2.24) is 14.1 Å². The number of nitrogens with zero attached hydrogens (tertiary/aromatic N) is 3. The number of hydrogen-bond acceptors (Lipinski definition) is 4. The lowest BCUT2D eigenvalue weighted by Crippen LogP contribution is -2.42. The molecule has 0 unspecified atom stereocenters. The van der Waals surface area contributed by atoms with Crippen LogP contribution in [0.1, 0.15) is 50.0 Å². The number of nitrogens with two attached hydrogens (primary N) is 1. The van der Waals surface area contributed by atoms with Gasteiger partial charge in [0.1, 0.15) is 16.7 Å². The number of nitrogens with one attached hydrogen (secondary N) is 1. The molecule has 0 saturated heterocycles. The number of halogens is 2. The van der Waals surface area contributed by atoms with Crippen molar-refractivity contribution < 1.29 is 4.79 Å². The smallest absolute Gasteiger partial charge is 0.330 e. The maximum absolute atomic E-state index is 13.2. The first-order valence-electron chi connectivity index (χ1n) is 9.19. The zero-order chi connectivity index (χ0) is 21.0. The van der Waals surface area contributed by atoms with E-state index in [4.69, 9.17) is 28.9 Å². The molecular formula is C18H25Cl2N5O3. The molecule has 154 valence electrons. The van der Waals surface area contributed by atoms with Gasteiger partial charge >= 0.3 is 5.69 Å². The van der Waals surface area contributed by atoms with Crippen LogP contribution in [0.3, 0.4) is 0 Å². The summed E-state index contributed by atoms with van der Waals surface area (Å²) in [6.45, 7) is 4.56. The van der Waals surface area contributed by atoms with E-state index in [1.54, 1.807) is 7.05 Å². The summed E-state index contributed by atoms with van der Waals surface area (Å²) < 4.78 is 2.74. The molecule has 0 aliphatic heterocycles. The minimum absolute atomic E-state index is 0.0296. The molecule has 0 fully saturated rings. The molecule has 2 aromatic heterocycles. The number of nitrogen functional groups attached to an aromatic ring is 1. The van der Waals surface area contributed by atoms with E-state index in [1.165, 1.54) is 20.1 Å². The summed E-state index contributed by atoms with van der Waals surface area (Å²) in [5.41, 5.74) is 5.06. The van der Waals surface area contributed by atoms with Gasteiger partial charge in [-0.3, -0.25) is 24.0 Å². The predicted octanol–water partition coefficient (Wildman–Crippen LogP) is 3.01. The number of rotatable bonds is 8. The maximum Gasteiger partial charge on any atom is 0.330 e. The van der Waals surface area contributed by atoms with E-state index >= 15 is 0 Å². The van der Waals surface area contributed by atoms with Crippen LogP contribution in [0.5, 0.6) is 0 Å². The molecule has 0 spiro atoms. The van der Waals surface area contributed by atoms with Gasteiger partial charge in [-0.1, -0.05) is 49.9 Å². The van der Waals surface area contributed by atoms with Gasteiger partial charge in [0, 0.05) is 20.1 Å². The van der Waals surface area contributed by atoms with Crippen LogP contribution < -0.4 is 21.9 Å². The highest BCUT2D eigenvalue weighted by Gasteiger charge is 2.27. The molecule has 10 heteroatoms. The van der Waals surface area contributed by atoms with E-state index in [9.17, 15) is 14.4 Å². The lowest BCUT2D eigenvalue weighted by Gasteiger charge is -2.24. The van der Waals surface area contributed by atoms with Gasteiger partial charge in [-0.2, -0.15) is 0 Å². The second-order valence-electron chi connectivity index (χ2n) is 6.54. The van der Waals surface area contributed by atoms with Crippen LogP contribution in [0, 0.1) is 0 Å². The fourth-order valence-corrected chi connectivity index (χ4v) is 3.27. The fraction of sp³-hybridized carbons (Fsp3) is 0.500. The Morgan fingerprint density at radius 3 is 2.39 bits per heavy atom. The van der Waals surface area contributed by atoms with E-state index in [1.807, 2.05) is 13.8 Å². The normalized spacial score (nSPS) is 11.0. The molecule has 0 saturated carbocycles. The lowest BCUT2D eigenvalue weighted by molar-refractivity contribution is 0.0978. The van der Waals surface area contributed by atoms with Gasteiger partial charge in [0.25, 0.3) is 11.5 Å². The van der Waals surface area contributed by atoms with Gasteiger partial charge in [-0.05, 0) is 18.9 Å². The Morgan fingerprint density at radius 2 is 1.86 bits per heavy atom. The summed E-state index contributed by atoms with van der Waals surface area (Å²) in [4.78, 5) is 41.6. The van der Waals surface area contributed by atoms with Crippen LogP contribution in [0.4, 0.5) is 11.5 Å². The second-order valence-corrected chi connectivity index (χ2v) is 7.30. The number of anilines is 2. The first kappa shape index (κ1) is 22.1. The molecule has 2 aromatic rings. The number of carbonyl (C=O) groups excluding carboxylic acids is 1. The van der Waals surface area contributed by atoms with Crippen LogP contribution in [-0.4, -0.2) is 26.6 Å². The summed E-state index contributed by atoms with van der Waals surface area (Å²) >= 11 is 12.1. The van der Waals surface area contributed by atoms with Gasteiger partial charge in [0.05, 0.1) is 5.02 Å². The Balaban J connectivity index is 2.62. The zero-order valence-corrected chi connectivity index (χ0v) is 17.7. The zero-order valence-electron chi connectivity index (χ0n) is 16.2. The number of aromatic nitrogens is 3. The topological polar surface area (TPSA) is 106 Å². The highest BCUT2D eigenvalue weighted by atomic mass is 35.5. The molecule has 0 aromatic carbocycles. The van der Waals surface area contributed by atoms with E-state index in [2.05, 4.69) is 4.98 Å². The Morgan fingerprint density at radius 1 is 1.21 bits per heavy atom. The number of H-pyrrole nitrogens is 1. The third kappa shape index (κ3) is 4.28. The van der Waals surface area contributed by atoms with Crippen molar-refractivity contribution in [2.24, 2.45) is 7.05 Å². The Hall–Kier alpha value is -2.19. The van der Waals surface area contributed by atoms with E-state index in [0.717, 1.165) is 12.8 Å². The molecular weight excluding hydrogens is 405 g/mol. The average Bonchev–Trinajstić information content (AvgIpc) is 2.91. The van der Waals surface area contributed by atoms with Gasteiger partial charge in [0.15, 0.2) is 5.69 Å². The second kappa shape index (κ2) is 9.34. The first-order valence-corrected chi connectivity index (χ1v) is 9.95. The summed E-state index contributed by atoms with van der Waals surface area (Å²) in [5, 5.41) is 0.452. The number of hydrogen-bond donors (Lipinski definition) is 2. The fourth-order valence-electron chi connectivity index (χ4n) is 2.89. The van der Waals surface area contributed by atoms with Crippen LogP contribution in [0.15, 0.2) is 15.7 Å². The molecule has 28 heavy (non-hydrogen) atoms. The maximum atomic E-state index is 13.2. The molecule has 0 aliphatic carbocycles. The molecule has 2 heterocycles. The summed E-state index contributed by atoms with van der Waals surface area (Å²) in [5.74, 6) is -0.499. The van der Waals surface area contributed by atoms with Crippen molar-refractivity contribution in [1.29, 1.82) is 0 Å². The molecule has 1 amide bonds. The number of aromatic amines is 1. The molecule has 0 bridgehead atoms. The molecule has 3 N–H and O–H groups in total. The average molecular weight is 430 g/mol. The van der Waals surface area contributed by atoms with Crippen LogP contribution in [0.2, 0.25) is 10.2 Å². The van der Waals surface area contributed by atoms with Gasteiger partial charge in [-0.15, -0.1) is 0 Å². The molecule has 0 aliphatic rings. The minimum Gasteiger partial charge on any atom is -0.383 e. The Kier molecular flexibility index (Phi) is 7.37. The summed E-state index contributed by atoms with van der Waals surface area (Å²) in [7, 11) is 1.61. The van der Waals surface area contributed by atoms with Crippen molar-refractivity contribution in [3.05, 3.63) is 42.8 Å². The van der Waals surface area contributed by atoms with Crippen molar-refractivity contribution in [2.75, 3.05) is 17.2 Å². The highest BCUT2D eigenvalue weighted by Crippen LogP contribution is 2.28. The Bertz CT molecular complexity index is 977. The van der Waals surface area contributed by atoms with Crippen molar-refractivity contribution in [3.63, 3.8) is 0 Å². The van der Waals surface area contributed by atoms with Crippen LogP contribution in [-0.2, 0) is 13.6 Å². The SMILES string of the molecule is CCCCN(C(=O)c1cc(Cl)c(Cl)n1C)c1c(N)n(CCCC)c(=O)[nH]c1=O. The van der Waals surface area contributed by atoms with Crippen molar-refractivity contribution in [3.8, 4) is 0 Å². The third-order valence-corrected chi connectivity index (χ3v) is 5.38. The molecule has 8 nitrogen and oxygen atoms in total. The van der Waals surface area contributed by atoms with Gasteiger partial charge in [-0.25, -0.2) is 4.79 Å². The summed E-state index contributed by atoms with van der Waals surface area (Å²) in [6, 6.07) is 1.45. The van der Waals surface area contributed by atoms with E-state index < -0.39 is 17.2 Å². The number of unbranched alkanes of at least 4 members (excludes halogenated alkanes) is 2. The first-order chi connectivity index (χ1) is 13.2. The van der Waals surface area contributed by atoms with Gasteiger partial charge in [0.2, 0.25) is 0 Å². The van der Waals surface area contributed by atoms with Crippen molar-refractivity contribution in [2.45, 2.75) is 46.1 Å². The minimum atomic E-state index is -0.703. The molecule has 0 radical (unpaired) electrons. The quantitative estimate of drug-likeness (QED) is 0.672. The van der Waals surface area contributed by atoms with Crippen LogP contribution >= 0.6 is 23.2 Å². The summed E-state index contributed by atoms with van der Waals surface area (Å²) in [6.07, 6.45) is 3.00. The standard InChI is InChI=1S/C18H25Cl2N5O3/c1-4-6-8-24(17(27)12-10-11(19)14(20)23(12)3)13-15(21)25(9-7-5-2)18(28)22-16(13)26/h10H,4-9,21H2,1-3H3,(H,22,26,28). The predicted molar refractivity (Wildman–Crippen MR) is 113 cm³/mol. The monoisotopic (exact) mass is 429 g/mol. The molecule has 0 atom stereocenters. The third-order valence-electron chi connectivity index (χ3n) is 4.54.